The monoisotopic (exact) mass is 301 g/mol. The Morgan fingerprint density at radius 1 is 1.14 bits per heavy atom. The van der Waals surface area contributed by atoms with Gasteiger partial charge in [-0.05, 0) is 24.3 Å². The summed E-state index contributed by atoms with van der Waals surface area (Å²) in [7, 11) is 0. The third kappa shape index (κ3) is 2.90. The first-order valence-corrected chi connectivity index (χ1v) is 6.88. The minimum absolute atomic E-state index is 0.295. The molecule has 0 spiro atoms. The number of hydrogen-bond donors (Lipinski definition) is 0. The predicted molar refractivity (Wildman–Crippen MR) is 80.0 cm³/mol. The van der Waals surface area contributed by atoms with Gasteiger partial charge in [0.1, 0.15) is 5.75 Å². The van der Waals surface area contributed by atoms with Gasteiger partial charge in [-0.15, -0.1) is 0 Å². The highest BCUT2D eigenvalue weighted by Crippen LogP contribution is 2.25. The van der Waals surface area contributed by atoms with Gasteiger partial charge >= 0.3 is 5.97 Å². The Labute approximate surface area is 126 Å². The van der Waals surface area contributed by atoms with Crippen LogP contribution < -0.4 is 4.74 Å². The van der Waals surface area contributed by atoms with Crippen LogP contribution in [0.25, 0.3) is 0 Å². The van der Waals surface area contributed by atoms with Gasteiger partial charge in [0.05, 0.1) is 22.9 Å². The highest BCUT2D eigenvalue weighted by atomic mass is 35.5. The topological polar surface area (TPSA) is 47.9 Å². The van der Waals surface area contributed by atoms with Crippen LogP contribution in [0.2, 0.25) is 5.02 Å². The van der Waals surface area contributed by atoms with Crippen LogP contribution in [0.3, 0.4) is 0 Å². The Morgan fingerprint density at radius 3 is 2.76 bits per heavy atom. The van der Waals surface area contributed by atoms with Crippen molar-refractivity contribution >= 4 is 23.3 Å². The van der Waals surface area contributed by atoms with Crippen molar-refractivity contribution in [1.29, 1.82) is 0 Å². The first-order valence-electron chi connectivity index (χ1n) is 6.50. The lowest BCUT2D eigenvalue weighted by Gasteiger charge is -2.17. The summed E-state index contributed by atoms with van der Waals surface area (Å²) < 4.78 is 5.52. The van der Waals surface area contributed by atoms with Gasteiger partial charge in [-0.3, -0.25) is 0 Å². The summed E-state index contributed by atoms with van der Waals surface area (Å²) in [6, 6.07) is 14.2. The zero-order chi connectivity index (χ0) is 14.7. The Morgan fingerprint density at radius 2 is 1.90 bits per heavy atom. The van der Waals surface area contributed by atoms with Crippen molar-refractivity contribution in [2.75, 3.05) is 6.61 Å². The summed E-state index contributed by atoms with van der Waals surface area (Å²) in [5, 5.41) is 4.31. The fourth-order valence-electron chi connectivity index (χ4n) is 2.09. The van der Waals surface area contributed by atoms with Crippen molar-refractivity contribution in [3.8, 4) is 5.75 Å². The summed E-state index contributed by atoms with van der Waals surface area (Å²) in [6.45, 7) is 0.513. The summed E-state index contributed by atoms with van der Waals surface area (Å²) in [5.74, 6) is 0.174. The molecule has 0 radical (unpaired) electrons. The number of fused-ring (bicyclic) bond motifs is 1. The molecule has 5 heteroatoms. The van der Waals surface area contributed by atoms with E-state index in [1.807, 2.05) is 24.3 Å². The first-order chi connectivity index (χ1) is 10.3. The fourth-order valence-corrected chi connectivity index (χ4v) is 2.30. The fraction of sp³-hybridized carbons (Fsp3) is 0.125. The van der Waals surface area contributed by atoms with Crippen molar-refractivity contribution in [2.45, 2.75) is 6.42 Å². The van der Waals surface area contributed by atoms with Crippen LogP contribution in [0.15, 0.2) is 53.7 Å². The van der Waals surface area contributed by atoms with Gasteiger partial charge < -0.3 is 9.57 Å². The molecular formula is C16H12ClNO3. The molecule has 0 aromatic heterocycles. The van der Waals surface area contributed by atoms with Crippen molar-refractivity contribution in [3.05, 3.63) is 64.7 Å². The van der Waals surface area contributed by atoms with Crippen molar-refractivity contribution < 1.29 is 14.4 Å². The van der Waals surface area contributed by atoms with Gasteiger partial charge in [0.15, 0.2) is 0 Å². The maximum absolute atomic E-state index is 12.0. The maximum Gasteiger partial charge on any atom is 0.367 e. The molecule has 0 aliphatic carbocycles. The van der Waals surface area contributed by atoms with Crippen LogP contribution in [0.1, 0.15) is 22.3 Å². The Kier molecular flexibility index (Phi) is 3.88. The second-order valence-corrected chi connectivity index (χ2v) is 4.90. The lowest BCUT2D eigenvalue weighted by molar-refractivity contribution is 0.0514. The number of carbonyl (C=O) groups excluding carboxylic acids is 1. The van der Waals surface area contributed by atoms with Crippen LogP contribution in [0, 0.1) is 0 Å². The predicted octanol–water partition coefficient (Wildman–Crippen LogP) is 3.68. The molecule has 2 aromatic rings. The maximum atomic E-state index is 12.0. The number of ether oxygens (including phenoxy) is 1. The van der Waals surface area contributed by atoms with Gasteiger partial charge in [-0.1, -0.05) is 41.0 Å². The Bertz CT molecular complexity index is 712. The third-order valence-electron chi connectivity index (χ3n) is 3.13. The molecule has 0 N–H and O–H groups in total. The minimum Gasteiger partial charge on any atom is -0.492 e. The lowest BCUT2D eigenvalue weighted by Crippen LogP contribution is -2.17. The summed E-state index contributed by atoms with van der Waals surface area (Å²) >= 11 is 5.95. The largest absolute Gasteiger partial charge is 0.492 e. The third-order valence-corrected chi connectivity index (χ3v) is 3.46. The molecule has 0 saturated carbocycles. The van der Waals surface area contributed by atoms with E-state index in [4.69, 9.17) is 21.2 Å². The molecule has 0 atom stereocenters. The van der Waals surface area contributed by atoms with Crippen LogP contribution in [-0.2, 0) is 4.84 Å². The molecular weight excluding hydrogens is 290 g/mol. The molecule has 0 amide bonds. The standard InChI is InChI=1S/C16H12ClNO3/c17-13-7-3-1-5-11(13)16(19)21-18-14-9-10-20-15-8-4-2-6-12(14)15/h1-8H,9-10H2/b18-14-. The van der Waals surface area contributed by atoms with E-state index < -0.39 is 5.97 Å². The van der Waals surface area contributed by atoms with E-state index in [2.05, 4.69) is 5.16 Å². The zero-order valence-electron chi connectivity index (χ0n) is 11.1. The second kappa shape index (κ2) is 5.97. The molecule has 0 bridgehead atoms. The molecule has 2 aromatic carbocycles. The number of nitrogens with zero attached hydrogens (tertiary/aromatic N) is 1. The van der Waals surface area contributed by atoms with E-state index in [0.29, 0.717) is 29.3 Å². The average Bonchev–Trinajstić information content (AvgIpc) is 2.53. The first kappa shape index (κ1) is 13.6. The van der Waals surface area contributed by atoms with E-state index in [1.54, 1.807) is 24.3 Å². The van der Waals surface area contributed by atoms with E-state index in [-0.39, 0.29) is 0 Å². The minimum atomic E-state index is -0.572. The van der Waals surface area contributed by atoms with E-state index >= 15 is 0 Å². The van der Waals surface area contributed by atoms with Crippen LogP contribution in [0.5, 0.6) is 5.75 Å². The second-order valence-electron chi connectivity index (χ2n) is 4.49. The molecule has 1 aliphatic rings. The van der Waals surface area contributed by atoms with Gasteiger partial charge in [0.2, 0.25) is 0 Å². The molecule has 1 aliphatic heterocycles. The van der Waals surface area contributed by atoms with E-state index in [1.165, 1.54) is 0 Å². The normalized spacial score (nSPS) is 15.2. The molecule has 0 saturated heterocycles. The van der Waals surface area contributed by atoms with E-state index in [9.17, 15) is 4.79 Å². The number of para-hydroxylation sites is 1. The molecule has 1 heterocycles. The number of rotatable bonds is 2. The molecule has 4 nitrogen and oxygen atoms in total. The molecule has 0 fully saturated rings. The smallest absolute Gasteiger partial charge is 0.367 e. The van der Waals surface area contributed by atoms with Crippen LogP contribution >= 0.6 is 11.6 Å². The Balaban J connectivity index is 1.82. The summed E-state index contributed by atoms with van der Waals surface area (Å²) in [4.78, 5) is 17.0. The van der Waals surface area contributed by atoms with Crippen molar-refractivity contribution in [1.82, 2.24) is 0 Å². The van der Waals surface area contributed by atoms with Crippen molar-refractivity contribution in [2.24, 2.45) is 5.16 Å². The number of halogens is 1. The van der Waals surface area contributed by atoms with Crippen LogP contribution in [-0.4, -0.2) is 18.3 Å². The molecule has 0 unspecified atom stereocenters. The van der Waals surface area contributed by atoms with Gasteiger partial charge in [-0.2, -0.15) is 0 Å². The number of carbonyl (C=O) groups is 1. The number of benzene rings is 2. The van der Waals surface area contributed by atoms with Gasteiger partial charge in [-0.25, -0.2) is 4.79 Å². The quantitative estimate of drug-likeness (QED) is 0.628. The van der Waals surface area contributed by atoms with E-state index in [0.717, 1.165) is 11.3 Å². The SMILES string of the molecule is O=C(O/N=C1/CCOc2ccccc21)c1ccccc1Cl. The lowest BCUT2D eigenvalue weighted by atomic mass is 10.0. The van der Waals surface area contributed by atoms with Gasteiger partial charge in [0.25, 0.3) is 0 Å². The highest BCUT2D eigenvalue weighted by Gasteiger charge is 2.18. The molecule has 106 valence electrons. The molecule has 21 heavy (non-hydrogen) atoms. The van der Waals surface area contributed by atoms with Crippen molar-refractivity contribution in [3.63, 3.8) is 0 Å². The van der Waals surface area contributed by atoms with Crippen LogP contribution in [0.4, 0.5) is 0 Å². The number of oxime groups is 1. The van der Waals surface area contributed by atoms with Gasteiger partial charge in [0, 0.05) is 12.0 Å². The summed E-state index contributed by atoms with van der Waals surface area (Å²) in [5.41, 5.74) is 1.83. The Hall–Kier alpha value is -2.33. The summed E-state index contributed by atoms with van der Waals surface area (Å²) in [6.07, 6.45) is 0.590. The average molecular weight is 302 g/mol. The highest BCUT2D eigenvalue weighted by molar-refractivity contribution is 6.33. The zero-order valence-corrected chi connectivity index (χ0v) is 11.8. The molecule has 3 rings (SSSR count). The number of hydrogen-bond acceptors (Lipinski definition) is 4.